The number of rotatable bonds is 5. The van der Waals surface area contributed by atoms with E-state index in [0.29, 0.717) is 5.02 Å². The standard InChI is InChI=1S/C11H10ClN9O2/c12-7-3-1-6(2-4-7)5-21(11-9(14)17-23-19-11)20-15-10-8(13)16-22-18-10/h1-4H,5H2,(H2,13,16)(H2,14,17). The maximum Gasteiger partial charge on any atom is 0.263 e. The molecule has 2 heterocycles. The van der Waals surface area contributed by atoms with E-state index in [2.05, 4.69) is 40.2 Å². The molecule has 0 spiro atoms. The highest BCUT2D eigenvalue weighted by Crippen LogP contribution is 2.24. The highest BCUT2D eigenvalue weighted by atomic mass is 35.5. The Balaban J connectivity index is 1.88. The number of halogens is 1. The first-order chi connectivity index (χ1) is 11.1. The molecule has 0 saturated carbocycles. The van der Waals surface area contributed by atoms with Gasteiger partial charge in [-0.25, -0.2) is 14.3 Å². The van der Waals surface area contributed by atoms with Gasteiger partial charge in [0.2, 0.25) is 17.5 Å². The van der Waals surface area contributed by atoms with Crippen LogP contribution in [-0.4, -0.2) is 20.6 Å². The average Bonchev–Trinajstić information content (AvgIpc) is 3.14. The highest BCUT2D eigenvalue weighted by molar-refractivity contribution is 6.30. The van der Waals surface area contributed by atoms with Crippen molar-refractivity contribution in [3.63, 3.8) is 0 Å². The Kier molecular flexibility index (Phi) is 4.01. The molecule has 0 atom stereocenters. The van der Waals surface area contributed by atoms with Crippen LogP contribution in [0.2, 0.25) is 5.02 Å². The lowest BCUT2D eigenvalue weighted by atomic mass is 10.2. The van der Waals surface area contributed by atoms with Crippen LogP contribution in [0.25, 0.3) is 0 Å². The molecule has 12 heteroatoms. The van der Waals surface area contributed by atoms with Crippen LogP contribution in [0.15, 0.2) is 43.9 Å². The third-order valence-corrected chi connectivity index (χ3v) is 2.98. The Morgan fingerprint density at radius 1 is 1.00 bits per heavy atom. The molecule has 0 radical (unpaired) electrons. The lowest BCUT2D eigenvalue weighted by molar-refractivity contribution is 0.308. The number of aromatic nitrogens is 4. The van der Waals surface area contributed by atoms with E-state index in [9.17, 15) is 0 Å². The van der Waals surface area contributed by atoms with Crippen molar-refractivity contribution in [3.05, 3.63) is 34.9 Å². The van der Waals surface area contributed by atoms with Crippen LogP contribution < -0.4 is 16.5 Å². The average molecular weight is 336 g/mol. The predicted octanol–water partition coefficient (Wildman–Crippen LogP) is 1.98. The summed E-state index contributed by atoms with van der Waals surface area (Å²) in [5.41, 5.74) is 12.1. The van der Waals surface area contributed by atoms with Crippen LogP contribution in [0.5, 0.6) is 0 Å². The van der Waals surface area contributed by atoms with Crippen molar-refractivity contribution in [2.24, 2.45) is 10.3 Å². The fourth-order valence-corrected chi connectivity index (χ4v) is 1.76. The molecule has 0 fully saturated rings. The van der Waals surface area contributed by atoms with Crippen molar-refractivity contribution >= 4 is 34.9 Å². The van der Waals surface area contributed by atoms with Gasteiger partial charge in [0.15, 0.2) is 0 Å². The molecule has 2 aromatic heterocycles. The van der Waals surface area contributed by atoms with Gasteiger partial charge >= 0.3 is 0 Å². The lowest BCUT2D eigenvalue weighted by Crippen LogP contribution is -2.16. The van der Waals surface area contributed by atoms with Crippen LogP contribution in [0, 0.1) is 0 Å². The highest BCUT2D eigenvalue weighted by Gasteiger charge is 2.17. The van der Waals surface area contributed by atoms with Crippen molar-refractivity contribution in [2.75, 3.05) is 16.5 Å². The van der Waals surface area contributed by atoms with Gasteiger partial charge < -0.3 is 11.5 Å². The number of hydrogen-bond donors (Lipinski definition) is 2. The molecule has 0 saturated heterocycles. The van der Waals surface area contributed by atoms with Crippen molar-refractivity contribution < 1.29 is 9.26 Å². The summed E-state index contributed by atoms with van der Waals surface area (Å²) in [5, 5.41) is 23.9. The van der Waals surface area contributed by atoms with Crippen LogP contribution in [-0.2, 0) is 6.54 Å². The molecular weight excluding hydrogens is 326 g/mol. The first kappa shape index (κ1) is 14.7. The Labute approximate surface area is 133 Å². The van der Waals surface area contributed by atoms with Gasteiger partial charge in [-0.3, -0.25) is 0 Å². The number of nitrogen functional groups attached to an aromatic ring is 2. The zero-order chi connectivity index (χ0) is 16.2. The maximum absolute atomic E-state index is 5.87. The van der Waals surface area contributed by atoms with Crippen molar-refractivity contribution in [2.45, 2.75) is 6.54 Å². The van der Waals surface area contributed by atoms with Gasteiger partial charge in [-0.05, 0) is 38.3 Å². The second-order valence-electron chi connectivity index (χ2n) is 4.32. The Morgan fingerprint density at radius 3 is 2.30 bits per heavy atom. The van der Waals surface area contributed by atoms with Gasteiger partial charge in [0.1, 0.15) is 0 Å². The summed E-state index contributed by atoms with van der Waals surface area (Å²) in [4.78, 5) is 0. The molecule has 23 heavy (non-hydrogen) atoms. The lowest BCUT2D eigenvalue weighted by Gasteiger charge is -2.14. The second kappa shape index (κ2) is 6.27. The van der Waals surface area contributed by atoms with Crippen LogP contribution >= 0.6 is 11.6 Å². The molecular formula is C11H10ClN9O2. The van der Waals surface area contributed by atoms with E-state index < -0.39 is 0 Å². The molecule has 0 bridgehead atoms. The van der Waals surface area contributed by atoms with E-state index in [4.69, 9.17) is 23.1 Å². The molecule has 3 aromatic rings. The molecule has 11 nitrogen and oxygen atoms in total. The van der Waals surface area contributed by atoms with E-state index in [1.807, 2.05) is 12.1 Å². The Hall–Kier alpha value is -3.21. The molecule has 3 rings (SSSR count). The fraction of sp³-hybridized carbons (Fsp3) is 0.0909. The summed E-state index contributed by atoms with van der Waals surface area (Å²) in [6.45, 7) is 0.282. The largest absolute Gasteiger partial charge is 0.378 e. The number of nitrogens with two attached hydrogens (primary N) is 2. The Morgan fingerprint density at radius 2 is 1.70 bits per heavy atom. The predicted molar refractivity (Wildman–Crippen MR) is 79.6 cm³/mol. The molecule has 0 aliphatic rings. The third-order valence-electron chi connectivity index (χ3n) is 2.73. The van der Waals surface area contributed by atoms with E-state index >= 15 is 0 Å². The van der Waals surface area contributed by atoms with Gasteiger partial charge in [-0.1, -0.05) is 29.0 Å². The van der Waals surface area contributed by atoms with Gasteiger partial charge in [0, 0.05) is 5.02 Å². The smallest absolute Gasteiger partial charge is 0.263 e. The number of hydrogen-bond acceptors (Lipinski definition) is 10. The Bertz CT molecular complexity index is 813. The molecule has 0 aliphatic carbocycles. The fourth-order valence-electron chi connectivity index (χ4n) is 1.64. The minimum absolute atomic E-state index is 0.00597. The summed E-state index contributed by atoms with van der Waals surface area (Å²) in [6, 6.07) is 7.13. The zero-order valence-corrected chi connectivity index (χ0v) is 12.3. The van der Waals surface area contributed by atoms with Crippen molar-refractivity contribution in [3.8, 4) is 0 Å². The summed E-state index contributed by atoms with van der Waals surface area (Å²) in [6.07, 6.45) is 0. The minimum Gasteiger partial charge on any atom is -0.378 e. The SMILES string of the molecule is Nc1nonc1N=NN(Cc1ccc(Cl)cc1)c1nonc1N. The summed E-state index contributed by atoms with van der Waals surface area (Å²) < 4.78 is 9.02. The molecule has 0 unspecified atom stereocenters. The van der Waals surface area contributed by atoms with Crippen LogP contribution in [0.4, 0.5) is 23.3 Å². The van der Waals surface area contributed by atoms with Crippen LogP contribution in [0.3, 0.4) is 0 Å². The summed E-state index contributed by atoms with van der Waals surface area (Å²) in [5.74, 6) is 0.287. The monoisotopic (exact) mass is 335 g/mol. The summed E-state index contributed by atoms with van der Waals surface area (Å²) in [7, 11) is 0. The van der Waals surface area contributed by atoms with Crippen LogP contribution in [0.1, 0.15) is 5.56 Å². The first-order valence-corrected chi connectivity index (χ1v) is 6.61. The molecule has 1 aromatic carbocycles. The minimum atomic E-state index is 0.00597. The molecule has 0 amide bonds. The maximum atomic E-state index is 5.87. The van der Waals surface area contributed by atoms with Crippen molar-refractivity contribution in [1.29, 1.82) is 0 Å². The van der Waals surface area contributed by atoms with Gasteiger partial charge in [-0.2, -0.15) is 0 Å². The van der Waals surface area contributed by atoms with E-state index in [1.54, 1.807) is 12.1 Å². The van der Waals surface area contributed by atoms with Gasteiger partial charge in [0.25, 0.3) is 5.82 Å². The zero-order valence-electron chi connectivity index (χ0n) is 11.5. The van der Waals surface area contributed by atoms with E-state index in [0.717, 1.165) is 5.56 Å². The number of benzene rings is 1. The molecule has 0 aliphatic heterocycles. The third kappa shape index (κ3) is 3.35. The molecule has 4 N–H and O–H groups in total. The van der Waals surface area contributed by atoms with Gasteiger partial charge in [0.05, 0.1) is 6.54 Å². The number of nitrogens with zero attached hydrogens (tertiary/aromatic N) is 7. The topological polar surface area (TPSA) is 158 Å². The first-order valence-electron chi connectivity index (χ1n) is 6.23. The second-order valence-corrected chi connectivity index (χ2v) is 4.76. The normalized spacial score (nSPS) is 11.2. The van der Waals surface area contributed by atoms with E-state index in [-0.39, 0.29) is 29.8 Å². The summed E-state index contributed by atoms with van der Waals surface area (Å²) >= 11 is 5.87. The quantitative estimate of drug-likeness (QED) is 0.525. The van der Waals surface area contributed by atoms with Gasteiger partial charge in [-0.15, -0.1) is 5.11 Å². The van der Waals surface area contributed by atoms with Crippen molar-refractivity contribution in [1.82, 2.24) is 20.6 Å². The van der Waals surface area contributed by atoms with E-state index in [1.165, 1.54) is 5.01 Å². The number of anilines is 3. The molecule has 118 valence electrons.